The molecule has 9 nitrogen and oxygen atoms in total. The van der Waals surface area contributed by atoms with Crippen molar-refractivity contribution in [1.29, 1.82) is 0 Å². The third-order valence-corrected chi connectivity index (χ3v) is 9.72. The van der Waals surface area contributed by atoms with Crippen LogP contribution >= 0.6 is 0 Å². The molecule has 0 bridgehead atoms. The minimum absolute atomic E-state index is 0.0138. The Bertz CT molecular complexity index is 1200. The second-order valence-corrected chi connectivity index (χ2v) is 13.4. The Hall–Kier alpha value is -3.23. The molecule has 0 radical (unpaired) electrons. The van der Waals surface area contributed by atoms with Crippen molar-refractivity contribution < 1.29 is 24.0 Å². The van der Waals surface area contributed by atoms with E-state index in [1.807, 2.05) is 26.0 Å². The van der Waals surface area contributed by atoms with Crippen LogP contribution < -0.4 is 16.4 Å². The van der Waals surface area contributed by atoms with E-state index in [1.54, 1.807) is 4.90 Å². The summed E-state index contributed by atoms with van der Waals surface area (Å²) < 4.78 is 0. The highest BCUT2D eigenvalue weighted by Crippen LogP contribution is 2.65. The van der Waals surface area contributed by atoms with Crippen molar-refractivity contribution in [2.24, 2.45) is 40.7 Å². The van der Waals surface area contributed by atoms with Crippen LogP contribution in [0.25, 0.3) is 0 Å². The van der Waals surface area contributed by atoms with Crippen molar-refractivity contribution in [1.82, 2.24) is 15.5 Å². The Kier molecular flexibility index (Phi) is 7.52. The number of urea groups is 1. The number of likely N-dealkylation sites (tertiary alicyclic amines) is 1. The monoisotopic (exact) mass is 550 g/mol. The molecule has 5 atom stereocenters. The lowest BCUT2D eigenvalue weighted by molar-refractivity contribution is -0.144. The van der Waals surface area contributed by atoms with Crippen LogP contribution in [0.15, 0.2) is 24.3 Å². The maximum atomic E-state index is 14.3. The number of amides is 4. The molecule has 9 heteroatoms. The number of nitrogens with zero attached hydrogens (tertiary/aromatic N) is 1. The van der Waals surface area contributed by atoms with Crippen LogP contribution in [0.1, 0.15) is 64.5 Å². The highest BCUT2D eigenvalue weighted by Gasteiger charge is 2.69. The van der Waals surface area contributed by atoms with Gasteiger partial charge in [0.2, 0.25) is 11.7 Å². The second-order valence-electron chi connectivity index (χ2n) is 13.4. The summed E-state index contributed by atoms with van der Waals surface area (Å²) in [5.41, 5.74) is 7.57. The summed E-state index contributed by atoms with van der Waals surface area (Å²) in [4.78, 5) is 67.1. The van der Waals surface area contributed by atoms with Gasteiger partial charge in [-0.3, -0.25) is 19.2 Å². The molecule has 1 aromatic rings. The van der Waals surface area contributed by atoms with E-state index in [9.17, 15) is 24.0 Å². The summed E-state index contributed by atoms with van der Waals surface area (Å²) >= 11 is 0. The largest absolute Gasteiger partial charge is 0.363 e. The van der Waals surface area contributed by atoms with Crippen LogP contribution in [0.3, 0.4) is 0 Å². The van der Waals surface area contributed by atoms with Crippen molar-refractivity contribution in [2.45, 2.75) is 84.3 Å². The summed E-state index contributed by atoms with van der Waals surface area (Å²) in [6.45, 7) is 8.38. The van der Waals surface area contributed by atoms with Gasteiger partial charge in [0.15, 0.2) is 5.78 Å². The zero-order valence-electron chi connectivity index (χ0n) is 23.9. The summed E-state index contributed by atoms with van der Waals surface area (Å²) in [5.74, 6) is -2.53. The number of carbonyl (C=O) groups is 5. The smallest absolute Gasteiger partial charge is 0.315 e. The van der Waals surface area contributed by atoms with Gasteiger partial charge in [-0.15, -0.1) is 0 Å². The van der Waals surface area contributed by atoms with Crippen LogP contribution in [-0.2, 0) is 32.0 Å². The zero-order chi connectivity index (χ0) is 28.9. The first-order chi connectivity index (χ1) is 18.9. The number of primary amides is 1. The lowest BCUT2D eigenvalue weighted by atomic mass is 9.86. The average molecular weight is 551 g/mol. The summed E-state index contributed by atoms with van der Waals surface area (Å²) in [7, 11) is 0. The number of ketones is 2. The van der Waals surface area contributed by atoms with Crippen LogP contribution in [0, 0.1) is 35.0 Å². The highest BCUT2D eigenvalue weighted by molar-refractivity contribution is 6.36. The van der Waals surface area contributed by atoms with Gasteiger partial charge in [0.1, 0.15) is 6.04 Å². The molecule has 40 heavy (non-hydrogen) atoms. The Morgan fingerprint density at radius 1 is 1.02 bits per heavy atom. The minimum Gasteiger partial charge on any atom is -0.363 e. The van der Waals surface area contributed by atoms with Gasteiger partial charge in [-0.2, -0.15) is 0 Å². The van der Waals surface area contributed by atoms with E-state index >= 15 is 0 Å². The molecule has 4 aliphatic rings. The number of benzene rings is 1. The van der Waals surface area contributed by atoms with E-state index in [-0.39, 0.29) is 47.3 Å². The number of Topliss-reactive ketones (excluding diaryl/α,β-unsaturated/α-hetero) is 2. The summed E-state index contributed by atoms with van der Waals surface area (Å²) in [6, 6.07) is 6.08. The quantitative estimate of drug-likeness (QED) is 0.363. The molecular formula is C31H42N4O5. The van der Waals surface area contributed by atoms with Crippen LogP contribution in [0.4, 0.5) is 4.79 Å². The second kappa shape index (κ2) is 10.6. The van der Waals surface area contributed by atoms with Gasteiger partial charge in [-0.1, -0.05) is 51.0 Å². The molecule has 4 amide bonds. The number of hydrogen-bond acceptors (Lipinski definition) is 5. The average Bonchev–Trinajstić information content (AvgIpc) is 3.64. The van der Waals surface area contributed by atoms with Crippen molar-refractivity contribution in [3.05, 3.63) is 35.4 Å². The van der Waals surface area contributed by atoms with Crippen LogP contribution in [0.5, 0.6) is 0 Å². The van der Waals surface area contributed by atoms with E-state index in [2.05, 4.69) is 36.6 Å². The fraction of sp³-hybridized carbons (Fsp3) is 0.645. The van der Waals surface area contributed by atoms with E-state index in [1.165, 1.54) is 11.1 Å². The molecule has 4 N–H and O–H groups in total. The summed E-state index contributed by atoms with van der Waals surface area (Å²) in [6.07, 6.45) is 3.68. The molecule has 0 aromatic heterocycles. The van der Waals surface area contributed by atoms with Crippen molar-refractivity contribution in [2.75, 3.05) is 6.54 Å². The zero-order valence-corrected chi connectivity index (χ0v) is 23.9. The third-order valence-electron chi connectivity index (χ3n) is 9.72. The topological polar surface area (TPSA) is 139 Å². The Balaban J connectivity index is 1.39. The molecule has 1 saturated heterocycles. The maximum Gasteiger partial charge on any atom is 0.315 e. The summed E-state index contributed by atoms with van der Waals surface area (Å²) in [5, 5.41) is 5.78. The molecule has 216 valence electrons. The van der Waals surface area contributed by atoms with Gasteiger partial charge in [0, 0.05) is 24.9 Å². The minimum atomic E-state index is -1.01. The standard InChI is InChI=1S/C31H42N4O5/c1-16(2)33-30(40)34-25(20-12-18-7-5-6-8-19(18)13-20)29(39)35-15-22-24(31(22,3)4)26(35)23(36)14-21(11-17-9-10-17)27(37)28(32)38/h5-8,16-17,20-22,24-26H,9-15H2,1-4H3,(H2,32,38)(H2,33,34,40)/t21?,22-,24-,25-,26+/m0/s1. The van der Waals surface area contributed by atoms with Gasteiger partial charge in [-0.05, 0) is 73.3 Å². The Labute approximate surface area is 236 Å². The fourth-order valence-electron chi connectivity index (χ4n) is 7.32. The highest BCUT2D eigenvalue weighted by atomic mass is 16.2. The number of nitrogens with one attached hydrogen (secondary N) is 2. The van der Waals surface area contributed by atoms with Gasteiger partial charge < -0.3 is 21.3 Å². The molecule has 1 heterocycles. The number of hydrogen-bond donors (Lipinski definition) is 3. The Morgan fingerprint density at radius 2 is 1.65 bits per heavy atom. The third kappa shape index (κ3) is 5.52. The Morgan fingerprint density at radius 3 is 2.20 bits per heavy atom. The predicted octanol–water partition coefficient (Wildman–Crippen LogP) is 2.39. The predicted molar refractivity (Wildman–Crippen MR) is 149 cm³/mol. The SMILES string of the molecule is CC(C)NC(=O)N[C@H](C(=O)N1C[C@H]2[C@@H]([C@H]1C(=O)CC(CC1CC1)C(=O)C(N)=O)C2(C)C)C1Cc2ccccc2C1. The first-order valence-corrected chi connectivity index (χ1v) is 14.7. The van der Waals surface area contributed by atoms with Gasteiger partial charge >= 0.3 is 6.03 Å². The number of piperidine rings is 1. The molecular weight excluding hydrogens is 508 g/mol. The number of fused-ring (bicyclic) bond motifs is 2. The van der Waals surface area contributed by atoms with E-state index in [0.717, 1.165) is 12.8 Å². The van der Waals surface area contributed by atoms with Crippen molar-refractivity contribution >= 4 is 29.4 Å². The van der Waals surface area contributed by atoms with Crippen LogP contribution in [0.2, 0.25) is 0 Å². The van der Waals surface area contributed by atoms with Crippen molar-refractivity contribution in [3.8, 4) is 0 Å². The first kappa shape index (κ1) is 28.3. The molecule has 2 saturated carbocycles. The van der Waals surface area contributed by atoms with Gasteiger partial charge in [0.05, 0.1) is 6.04 Å². The van der Waals surface area contributed by atoms with Gasteiger partial charge in [0.25, 0.3) is 5.91 Å². The van der Waals surface area contributed by atoms with E-state index < -0.39 is 35.7 Å². The molecule has 3 fully saturated rings. The molecule has 1 unspecified atom stereocenters. The maximum absolute atomic E-state index is 14.3. The lowest BCUT2D eigenvalue weighted by Crippen LogP contribution is -2.58. The lowest BCUT2D eigenvalue weighted by Gasteiger charge is -2.35. The van der Waals surface area contributed by atoms with Gasteiger partial charge in [-0.25, -0.2) is 4.79 Å². The molecule has 0 spiro atoms. The first-order valence-electron chi connectivity index (χ1n) is 14.7. The molecule has 1 aliphatic heterocycles. The fourth-order valence-corrected chi connectivity index (χ4v) is 7.32. The molecule has 5 rings (SSSR count). The van der Waals surface area contributed by atoms with E-state index in [4.69, 9.17) is 5.73 Å². The number of carbonyl (C=O) groups excluding carboxylic acids is 5. The van der Waals surface area contributed by atoms with Crippen LogP contribution in [-0.4, -0.2) is 59.0 Å². The molecule has 1 aromatic carbocycles. The number of nitrogens with two attached hydrogens (primary N) is 1. The normalized spacial score (nSPS) is 26.0. The van der Waals surface area contributed by atoms with E-state index in [0.29, 0.717) is 31.7 Å². The van der Waals surface area contributed by atoms with Crippen molar-refractivity contribution in [3.63, 3.8) is 0 Å². The molecule has 3 aliphatic carbocycles. The number of rotatable bonds is 11.